The number of hydrogen-bond acceptors (Lipinski definition) is 2. The van der Waals surface area contributed by atoms with Crippen molar-refractivity contribution >= 4 is 35.8 Å². The summed E-state index contributed by atoms with van der Waals surface area (Å²) in [5.74, 6) is 0.698. The minimum absolute atomic E-state index is 0. The van der Waals surface area contributed by atoms with E-state index in [1.807, 2.05) is 37.3 Å². The zero-order valence-electron chi connectivity index (χ0n) is 16.0. The molecular weight excluding hydrogens is 451 g/mol. The predicted octanol–water partition coefficient (Wildman–Crippen LogP) is 3.14. The van der Waals surface area contributed by atoms with Gasteiger partial charge in [-0.2, -0.15) is 0 Å². The molecule has 5 nitrogen and oxygen atoms in total. The van der Waals surface area contributed by atoms with Crippen molar-refractivity contribution in [2.24, 2.45) is 4.99 Å². The molecule has 0 aliphatic carbocycles. The summed E-state index contributed by atoms with van der Waals surface area (Å²) in [5.41, 5.74) is 3.11. The van der Waals surface area contributed by atoms with Gasteiger partial charge < -0.3 is 16.0 Å². The molecule has 0 fully saturated rings. The Kier molecular flexibility index (Phi) is 11.2. The molecule has 0 spiro atoms. The van der Waals surface area contributed by atoms with E-state index >= 15 is 0 Å². The standard InChI is InChI=1S/C21H28N4O.HI/c1-17-8-6-12-19(16-17)20(26)23-14-15-25-21(22-2)24-13-7-11-18-9-4-3-5-10-18;/h3-6,8-10,12,16H,7,11,13-15H2,1-2H3,(H,23,26)(H2,22,24,25);1H. The maximum Gasteiger partial charge on any atom is 0.251 e. The highest BCUT2D eigenvalue weighted by molar-refractivity contribution is 14.0. The van der Waals surface area contributed by atoms with E-state index in [0.29, 0.717) is 18.7 Å². The Morgan fingerprint density at radius 2 is 1.63 bits per heavy atom. The highest BCUT2D eigenvalue weighted by Crippen LogP contribution is 2.03. The molecule has 1 amide bonds. The average molecular weight is 480 g/mol. The first-order valence-electron chi connectivity index (χ1n) is 9.02. The van der Waals surface area contributed by atoms with Crippen LogP contribution in [-0.2, 0) is 6.42 Å². The predicted molar refractivity (Wildman–Crippen MR) is 123 cm³/mol. The van der Waals surface area contributed by atoms with Gasteiger partial charge in [0.1, 0.15) is 0 Å². The number of nitrogens with one attached hydrogen (secondary N) is 3. The fraction of sp³-hybridized carbons (Fsp3) is 0.333. The second-order valence-electron chi connectivity index (χ2n) is 6.14. The molecule has 0 unspecified atom stereocenters. The van der Waals surface area contributed by atoms with Gasteiger partial charge >= 0.3 is 0 Å². The molecule has 2 aromatic rings. The van der Waals surface area contributed by atoms with Gasteiger partial charge in [-0.15, -0.1) is 24.0 Å². The van der Waals surface area contributed by atoms with Crippen molar-refractivity contribution in [1.29, 1.82) is 0 Å². The second-order valence-corrected chi connectivity index (χ2v) is 6.14. The summed E-state index contributed by atoms with van der Waals surface area (Å²) < 4.78 is 0. The summed E-state index contributed by atoms with van der Waals surface area (Å²) in [7, 11) is 1.75. The molecule has 3 N–H and O–H groups in total. The van der Waals surface area contributed by atoms with Crippen LogP contribution in [0.15, 0.2) is 59.6 Å². The smallest absolute Gasteiger partial charge is 0.251 e. The molecule has 0 saturated heterocycles. The third kappa shape index (κ3) is 8.90. The summed E-state index contributed by atoms with van der Waals surface area (Å²) in [6.45, 7) is 3.99. The van der Waals surface area contributed by atoms with Crippen molar-refractivity contribution < 1.29 is 4.79 Å². The van der Waals surface area contributed by atoms with Gasteiger partial charge in [0, 0.05) is 32.2 Å². The maximum absolute atomic E-state index is 12.1. The van der Waals surface area contributed by atoms with E-state index in [-0.39, 0.29) is 29.9 Å². The Labute approximate surface area is 179 Å². The zero-order valence-corrected chi connectivity index (χ0v) is 18.3. The van der Waals surface area contributed by atoms with E-state index in [2.05, 4.69) is 45.2 Å². The lowest BCUT2D eigenvalue weighted by Crippen LogP contribution is -2.41. The van der Waals surface area contributed by atoms with Gasteiger partial charge in [-0.3, -0.25) is 9.79 Å². The van der Waals surface area contributed by atoms with E-state index in [4.69, 9.17) is 0 Å². The summed E-state index contributed by atoms with van der Waals surface area (Å²) >= 11 is 0. The van der Waals surface area contributed by atoms with Crippen molar-refractivity contribution in [3.63, 3.8) is 0 Å². The maximum atomic E-state index is 12.1. The molecule has 2 rings (SSSR count). The number of benzene rings is 2. The molecule has 27 heavy (non-hydrogen) atoms. The molecule has 6 heteroatoms. The van der Waals surface area contributed by atoms with E-state index in [0.717, 1.165) is 30.9 Å². The topological polar surface area (TPSA) is 65.5 Å². The van der Waals surface area contributed by atoms with Crippen LogP contribution in [0.2, 0.25) is 0 Å². The number of rotatable bonds is 8. The Bertz CT molecular complexity index is 719. The second kappa shape index (κ2) is 13.1. The first-order chi connectivity index (χ1) is 12.7. The molecule has 0 aromatic heterocycles. The number of carbonyl (C=O) groups is 1. The SMILES string of the molecule is CN=C(NCCCc1ccccc1)NCCNC(=O)c1cccc(C)c1.I. The first kappa shape index (κ1) is 23.0. The van der Waals surface area contributed by atoms with E-state index in [1.54, 1.807) is 7.05 Å². The number of hydrogen-bond donors (Lipinski definition) is 3. The molecular formula is C21H29IN4O. The fourth-order valence-electron chi connectivity index (χ4n) is 2.61. The van der Waals surface area contributed by atoms with Gasteiger partial charge in [0.2, 0.25) is 0 Å². The van der Waals surface area contributed by atoms with Crippen LogP contribution < -0.4 is 16.0 Å². The number of aryl methyl sites for hydroxylation is 2. The van der Waals surface area contributed by atoms with Gasteiger partial charge in [-0.1, -0.05) is 48.0 Å². The third-order valence-corrected chi connectivity index (χ3v) is 3.98. The number of carbonyl (C=O) groups excluding carboxylic acids is 1. The highest BCUT2D eigenvalue weighted by atomic mass is 127. The van der Waals surface area contributed by atoms with Crippen molar-refractivity contribution in [1.82, 2.24) is 16.0 Å². The van der Waals surface area contributed by atoms with Crippen molar-refractivity contribution in [2.45, 2.75) is 19.8 Å². The lowest BCUT2D eigenvalue weighted by Gasteiger charge is -2.12. The molecule has 0 radical (unpaired) electrons. The van der Waals surface area contributed by atoms with Crippen LogP contribution in [0.3, 0.4) is 0 Å². The van der Waals surface area contributed by atoms with Crippen molar-refractivity contribution in [3.8, 4) is 0 Å². The van der Waals surface area contributed by atoms with Crippen molar-refractivity contribution in [3.05, 3.63) is 71.3 Å². The van der Waals surface area contributed by atoms with Gasteiger partial charge in [0.05, 0.1) is 0 Å². The van der Waals surface area contributed by atoms with Crippen LogP contribution in [0, 0.1) is 6.92 Å². The normalized spacial score (nSPS) is 10.7. The lowest BCUT2D eigenvalue weighted by atomic mass is 10.1. The molecule has 0 bridgehead atoms. The fourth-order valence-corrected chi connectivity index (χ4v) is 2.61. The summed E-state index contributed by atoms with van der Waals surface area (Å²) in [4.78, 5) is 16.3. The Morgan fingerprint density at radius 3 is 2.33 bits per heavy atom. The van der Waals surface area contributed by atoms with Gasteiger partial charge in [0.25, 0.3) is 5.91 Å². The van der Waals surface area contributed by atoms with Gasteiger partial charge in [-0.05, 0) is 37.5 Å². The van der Waals surface area contributed by atoms with Gasteiger partial charge in [-0.25, -0.2) is 0 Å². The summed E-state index contributed by atoms with van der Waals surface area (Å²) in [5, 5.41) is 9.41. The Hall–Kier alpha value is -2.09. The van der Waals surface area contributed by atoms with E-state index < -0.39 is 0 Å². The van der Waals surface area contributed by atoms with Crippen LogP contribution in [0.4, 0.5) is 0 Å². The van der Waals surface area contributed by atoms with Crippen LogP contribution >= 0.6 is 24.0 Å². The third-order valence-electron chi connectivity index (χ3n) is 3.98. The minimum Gasteiger partial charge on any atom is -0.356 e. The van der Waals surface area contributed by atoms with Crippen molar-refractivity contribution in [2.75, 3.05) is 26.7 Å². The number of aliphatic imine (C=N–C) groups is 1. The molecule has 146 valence electrons. The number of halogens is 1. The Morgan fingerprint density at radius 1 is 0.926 bits per heavy atom. The molecule has 0 heterocycles. The molecule has 0 atom stereocenters. The molecule has 2 aromatic carbocycles. The summed E-state index contributed by atoms with van der Waals surface area (Å²) in [6, 6.07) is 18.0. The lowest BCUT2D eigenvalue weighted by molar-refractivity contribution is 0.0954. The average Bonchev–Trinajstić information content (AvgIpc) is 2.67. The summed E-state index contributed by atoms with van der Waals surface area (Å²) in [6.07, 6.45) is 2.08. The molecule has 0 aliphatic heterocycles. The molecule has 0 saturated carbocycles. The van der Waals surface area contributed by atoms with E-state index in [1.165, 1.54) is 5.56 Å². The number of nitrogens with zero attached hydrogens (tertiary/aromatic N) is 1. The van der Waals surface area contributed by atoms with Crippen LogP contribution in [0.1, 0.15) is 27.9 Å². The Balaban J connectivity index is 0.00000364. The van der Waals surface area contributed by atoms with Crippen LogP contribution in [-0.4, -0.2) is 38.5 Å². The molecule has 0 aliphatic rings. The number of amides is 1. The highest BCUT2D eigenvalue weighted by Gasteiger charge is 2.04. The van der Waals surface area contributed by atoms with Crippen LogP contribution in [0.25, 0.3) is 0 Å². The number of guanidine groups is 1. The minimum atomic E-state index is -0.0543. The largest absolute Gasteiger partial charge is 0.356 e. The van der Waals surface area contributed by atoms with Gasteiger partial charge in [0.15, 0.2) is 5.96 Å². The first-order valence-corrected chi connectivity index (χ1v) is 9.02. The van der Waals surface area contributed by atoms with E-state index in [9.17, 15) is 4.79 Å². The quantitative estimate of drug-likeness (QED) is 0.236. The van der Waals surface area contributed by atoms with Crippen LogP contribution in [0.5, 0.6) is 0 Å². The zero-order chi connectivity index (χ0) is 18.6. The monoisotopic (exact) mass is 480 g/mol.